The lowest BCUT2D eigenvalue weighted by Gasteiger charge is -2.26. The number of carbonyl (C=O) groups is 2. The molecule has 0 aromatic heterocycles. The number of nitrogens with zero attached hydrogens (tertiary/aromatic N) is 1. The zero-order valence-electron chi connectivity index (χ0n) is 21.5. The number of methoxy groups -OCH3 is 1. The number of aliphatic hydroxyl groups is 1. The highest BCUT2D eigenvalue weighted by Gasteiger charge is 2.46. The van der Waals surface area contributed by atoms with Crippen LogP contribution in [0.2, 0.25) is 0 Å². The second-order valence-corrected chi connectivity index (χ2v) is 9.37. The van der Waals surface area contributed by atoms with E-state index in [0.717, 1.165) is 5.56 Å². The van der Waals surface area contributed by atoms with Crippen LogP contribution in [0.15, 0.2) is 72.3 Å². The van der Waals surface area contributed by atoms with Gasteiger partial charge in [0.1, 0.15) is 30.5 Å². The molecule has 1 fully saturated rings. The summed E-state index contributed by atoms with van der Waals surface area (Å²) in [5.74, 6) is 0.583. The Kier molecular flexibility index (Phi) is 6.96. The summed E-state index contributed by atoms with van der Waals surface area (Å²) in [6.07, 6.45) is -0.0615. The first kappa shape index (κ1) is 25.2. The highest BCUT2D eigenvalue weighted by Crippen LogP contribution is 2.42. The number of hydrogen-bond donors (Lipinski definition) is 1. The number of ether oxygens (including phenoxy) is 4. The fourth-order valence-corrected chi connectivity index (χ4v) is 4.69. The molecule has 1 saturated heterocycles. The highest BCUT2D eigenvalue weighted by molar-refractivity contribution is 6.46. The van der Waals surface area contributed by atoms with Gasteiger partial charge in [-0.05, 0) is 67.4 Å². The lowest BCUT2D eigenvalue weighted by molar-refractivity contribution is -0.140. The van der Waals surface area contributed by atoms with Crippen molar-refractivity contribution in [3.8, 4) is 23.0 Å². The van der Waals surface area contributed by atoms with Crippen LogP contribution in [0.4, 0.5) is 0 Å². The number of carbonyl (C=O) groups excluding carboxylic acids is 2. The van der Waals surface area contributed by atoms with Gasteiger partial charge in [-0.25, -0.2) is 0 Å². The molecule has 0 aliphatic carbocycles. The minimum Gasteiger partial charge on any atom is -0.507 e. The fourth-order valence-electron chi connectivity index (χ4n) is 4.69. The minimum atomic E-state index is -0.832. The molecule has 5 rings (SSSR count). The van der Waals surface area contributed by atoms with Crippen LogP contribution in [0.25, 0.3) is 5.76 Å². The normalized spacial score (nSPS) is 18.1. The van der Waals surface area contributed by atoms with Gasteiger partial charge >= 0.3 is 0 Å². The second kappa shape index (κ2) is 10.5. The molecule has 8 heteroatoms. The number of likely N-dealkylation sites (tertiary alicyclic amines) is 1. The van der Waals surface area contributed by atoms with Crippen molar-refractivity contribution in [1.82, 2.24) is 4.90 Å². The first-order chi connectivity index (χ1) is 18.4. The van der Waals surface area contributed by atoms with Crippen LogP contribution in [0.5, 0.6) is 23.0 Å². The molecular formula is C30H29NO7. The Morgan fingerprint density at radius 3 is 2.42 bits per heavy atom. The maximum atomic E-state index is 13.4. The van der Waals surface area contributed by atoms with Crippen molar-refractivity contribution < 1.29 is 33.6 Å². The van der Waals surface area contributed by atoms with Gasteiger partial charge in [0.05, 0.1) is 24.8 Å². The lowest BCUT2D eigenvalue weighted by atomic mass is 9.94. The molecule has 1 unspecified atom stereocenters. The van der Waals surface area contributed by atoms with Crippen LogP contribution >= 0.6 is 0 Å². The molecule has 0 bridgehead atoms. The average molecular weight is 516 g/mol. The number of aliphatic hydroxyl groups excluding tert-OH is 1. The Labute approximate surface area is 221 Å². The third-order valence-electron chi connectivity index (χ3n) is 6.41. The smallest absolute Gasteiger partial charge is 0.295 e. The number of fused-ring (bicyclic) bond motifs is 1. The summed E-state index contributed by atoms with van der Waals surface area (Å²) >= 11 is 0. The number of hydrogen-bond acceptors (Lipinski definition) is 7. The SMILES string of the molecule is COc1ccc(CN2C(=O)C(=O)/C(=C(\O)c3ccc4c(c3)OCCO4)C2c2cccc(OC(C)C)c2)cc1. The molecule has 0 saturated carbocycles. The van der Waals surface area contributed by atoms with Gasteiger partial charge in [-0.1, -0.05) is 24.3 Å². The van der Waals surface area contributed by atoms with Crippen molar-refractivity contribution in [3.05, 3.63) is 89.0 Å². The molecule has 196 valence electrons. The molecule has 8 nitrogen and oxygen atoms in total. The summed E-state index contributed by atoms with van der Waals surface area (Å²) in [7, 11) is 1.58. The van der Waals surface area contributed by atoms with E-state index in [-0.39, 0.29) is 24.0 Å². The van der Waals surface area contributed by atoms with Crippen molar-refractivity contribution in [3.63, 3.8) is 0 Å². The summed E-state index contributed by atoms with van der Waals surface area (Å²) in [6.45, 7) is 4.82. The molecule has 2 aliphatic heterocycles. The minimum absolute atomic E-state index is 0.00175. The predicted molar refractivity (Wildman–Crippen MR) is 140 cm³/mol. The van der Waals surface area contributed by atoms with E-state index >= 15 is 0 Å². The Hall–Kier alpha value is -4.46. The molecule has 3 aromatic carbocycles. The molecule has 2 heterocycles. The molecule has 3 aromatic rings. The van der Waals surface area contributed by atoms with E-state index < -0.39 is 17.7 Å². The molecule has 0 radical (unpaired) electrons. The quantitative estimate of drug-likeness (QED) is 0.272. The van der Waals surface area contributed by atoms with E-state index in [1.807, 2.05) is 44.2 Å². The summed E-state index contributed by atoms with van der Waals surface area (Å²) < 4.78 is 22.4. The zero-order valence-corrected chi connectivity index (χ0v) is 21.5. The first-order valence-corrected chi connectivity index (χ1v) is 12.4. The van der Waals surface area contributed by atoms with Crippen molar-refractivity contribution in [1.29, 1.82) is 0 Å². The number of amides is 1. The van der Waals surface area contributed by atoms with E-state index in [0.29, 0.717) is 47.3 Å². The Morgan fingerprint density at radius 1 is 0.974 bits per heavy atom. The largest absolute Gasteiger partial charge is 0.507 e. The maximum absolute atomic E-state index is 13.4. The van der Waals surface area contributed by atoms with E-state index in [9.17, 15) is 14.7 Å². The van der Waals surface area contributed by atoms with Gasteiger partial charge in [-0.3, -0.25) is 9.59 Å². The molecule has 1 N–H and O–H groups in total. The molecule has 0 spiro atoms. The van der Waals surface area contributed by atoms with Gasteiger partial charge in [0.15, 0.2) is 11.5 Å². The molecule has 1 amide bonds. The van der Waals surface area contributed by atoms with Gasteiger partial charge in [-0.15, -0.1) is 0 Å². The highest BCUT2D eigenvalue weighted by atomic mass is 16.6. The van der Waals surface area contributed by atoms with Gasteiger partial charge in [0.25, 0.3) is 11.7 Å². The van der Waals surface area contributed by atoms with Crippen molar-refractivity contribution in [2.45, 2.75) is 32.5 Å². The standard InChI is InChI=1S/C30H29NO7/c1-18(2)38-23-6-4-5-20(15-23)27-26(28(32)21-9-12-24-25(16-21)37-14-13-36-24)29(33)30(34)31(27)17-19-7-10-22(35-3)11-8-19/h4-12,15-16,18,27,32H,13-14,17H2,1-3H3/b28-26-. The van der Waals surface area contributed by atoms with Gasteiger partial charge < -0.3 is 29.0 Å². The van der Waals surface area contributed by atoms with Gasteiger partial charge in [0.2, 0.25) is 0 Å². The third-order valence-corrected chi connectivity index (χ3v) is 6.41. The fraction of sp³-hybridized carbons (Fsp3) is 0.267. The number of benzene rings is 3. The summed E-state index contributed by atoms with van der Waals surface area (Å²) in [6, 6.07) is 18.7. The maximum Gasteiger partial charge on any atom is 0.295 e. The van der Waals surface area contributed by atoms with Crippen molar-refractivity contribution in [2.75, 3.05) is 20.3 Å². The number of rotatable bonds is 7. The molecule has 38 heavy (non-hydrogen) atoms. The van der Waals surface area contributed by atoms with Crippen LogP contribution in [-0.4, -0.2) is 48.1 Å². The lowest BCUT2D eigenvalue weighted by Crippen LogP contribution is -2.29. The van der Waals surface area contributed by atoms with E-state index in [1.54, 1.807) is 43.5 Å². The van der Waals surface area contributed by atoms with Crippen LogP contribution in [0, 0.1) is 0 Å². The molecule has 2 aliphatic rings. The van der Waals surface area contributed by atoms with E-state index in [1.165, 1.54) is 4.90 Å². The number of ketones is 1. The third kappa shape index (κ3) is 4.89. The van der Waals surface area contributed by atoms with Crippen molar-refractivity contribution in [2.24, 2.45) is 0 Å². The second-order valence-electron chi connectivity index (χ2n) is 9.37. The average Bonchev–Trinajstić information content (AvgIpc) is 3.17. The summed E-state index contributed by atoms with van der Waals surface area (Å²) in [4.78, 5) is 28.3. The van der Waals surface area contributed by atoms with Crippen LogP contribution < -0.4 is 18.9 Å². The topological polar surface area (TPSA) is 94.5 Å². The molecule has 1 atom stereocenters. The van der Waals surface area contributed by atoms with Gasteiger partial charge in [0, 0.05) is 12.1 Å². The van der Waals surface area contributed by atoms with Crippen molar-refractivity contribution >= 4 is 17.4 Å². The summed E-state index contributed by atoms with van der Waals surface area (Å²) in [5, 5.41) is 11.4. The number of Topliss-reactive ketones (excluding diaryl/α,β-unsaturated/α-hetero) is 1. The van der Waals surface area contributed by atoms with Crippen LogP contribution in [0.1, 0.15) is 36.6 Å². The Bertz CT molecular complexity index is 1390. The van der Waals surface area contributed by atoms with Crippen LogP contribution in [-0.2, 0) is 16.1 Å². The van der Waals surface area contributed by atoms with E-state index in [4.69, 9.17) is 18.9 Å². The van der Waals surface area contributed by atoms with Gasteiger partial charge in [-0.2, -0.15) is 0 Å². The molecular weight excluding hydrogens is 486 g/mol. The Balaban J connectivity index is 1.61. The summed E-state index contributed by atoms with van der Waals surface area (Å²) in [5.41, 5.74) is 1.82. The first-order valence-electron chi connectivity index (χ1n) is 12.4. The Morgan fingerprint density at radius 2 is 1.71 bits per heavy atom. The predicted octanol–water partition coefficient (Wildman–Crippen LogP) is 4.88. The van der Waals surface area contributed by atoms with E-state index in [2.05, 4.69) is 0 Å². The zero-order chi connectivity index (χ0) is 26.8. The monoisotopic (exact) mass is 515 g/mol. The van der Waals surface area contributed by atoms with Crippen LogP contribution in [0.3, 0.4) is 0 Å².